The van der Waals surface area contributed by atoms with Crippen LogP contribution in [0.1, 0.15) is 67.2 Å². The van der Waals surface area contributed by atoms with E-state index in [1.54, 1.807) is 0 Å². The first-order valence-electron chi connectivity index (χ1n) is 9.30. The first-order chi connectivity index (χ1) is 10.9. The van der Waals surface area contributed by atoms with Crippen LogP contribution in [-0.4, -0.2) is 24.1 Å². The Labute approximate surface area is 140 Å². The highest BCUT2D eigenvalue weighted by molar-refractivity contribution is 5.78. The first-order valence-corrected chi connectivity index (χ1v) is 9.30. The van der Waals surface area contributed by atoms with E-state index >= 15 is 0 Å². The minimum Gasteiger partial charge on any atom is -0.458 e. The molecule has 0 aromatic heterocycles. The van der Waals surface area contributed by atoms with Gasteiger partial charge in [-0.05, 0) is 32.1 Å². The summed E-state index contributed by atoms with van der Waals surface area (Å²) < 4.78 is 11.4. The Balaban J connectivity index is 0.000000924. The number of hydrogen-bond acceptors (Lipinski definition) is 4. The van der Waals surface area contributed by atoms with Crippen molar-refractivity contribution in [1.29, 1.82) is 0 Å². The van der Waals surface area contributed by atoms with Gasteiger partial charge in [0.15, 0.2) is 0 Å². The van der Waals surface area contributed by atoms with Crippen molar-refractivity contribution >= 4 is 11.9 Å². The number of esters is 2. The molecule has 3 rings (SSSR count). The third kappa shape index (κ3) is 2.89. The summed E-state index contributed by atoms with van der Waals surface area (Å²) in [5.41, 5.74) is -0.446. The van der Waals surface area contributed by atoms with E-state index < -0.39 is 5.41 Å². The monoisotopic (exact) mass is 324 g/mol. The predicted octanol–water partition coefficient (Wildman–Crippen LogP) is 3.97. The smallest absolute Gasteiger partial charge is 0.312 e. The van der Waals surface area contributed by atoms with Crippen molar-refractivity contribution in [3.05, 3.63) is 0 Å². The maximum atomic E-state index is 12.7. The van der Waals surface area contributed by atoms with Gasteiger partial charge in [-0.25, -0.2) is 0 Å². The quantitative estimate of drug-likeness (QED) is 0.718. The van der Waals surface area contributed by atoms with Crippen LogP contribution in [0.2, 0.25) is 0 Å². The lowest BCUT2D eigenvalue weighted by molar-refractivity contribution is -0.174. The average molecular weight is 324 g/mol. The second-order valence-corrected chi connectivity index (χ2v) is 7.60. The Morgan fingerprint density at radius 3 is 2.57 bits per heavy atom. The lowest BCUT2D eigenvalue weighted by Gasteiger charge is -2.34. The predicted molar refractivity (Wildman–Crippen MR) is 88.7 cm³/mol. The van der Waals surface area contributed by atoms with Crippen LogP contribution in [0.3, 0.4) is 0 Å². The van der Waals surface area contributed by atoms with Crippen LogP contribution in [0.5, 0.6) is 0 Å². The molecule has 2 aliphatic carbocycles. The Morgan fingerprint density at radius 1 is 1.35 bits per heavy atom. The summed E-state index contributed by atoms with van der Waals surface area (Å²) in [6.07, 6.45) is 3.22. The summed E-state index contributed by atoms with van der Waals surface area (Å²) in [6, 6.07) is 0. The van der Waals surface area contributed by atoms with Gasteiger partial charge >= 0.3 is 11.9 Å². The molecular formula is C19H32O4. The summed E-state index contributed by atoms with van der Waals surface area (Å²) in [6.45, 7) is 12.2. The molecule has 3 aliphatic rings. The highest BCUT2D eigenvalue weighted by Crippen LogP contribution is 2.55. The molecule has 0 N–H and O–H groups in total. The second kappa shape index (κ2) is 6.82. The zero-order chi connectivity index (χ0) is 17.4. The molecule has 1 heterocycles. The molecule has 3 fully saturated rings. The molecule has 4 nitrogen and oxygen atoms in total. The molecule has 2 bridgehead atoms. The van der Waals surface area contributed by atoms with Crippen molar-refractivity contribution in [3.63, 3.8) is 0 Å². The molecule has 23 heavy (non-hydrogen) atoms. The molecule has 0 radical (unpaired) electrons. The van der Waals surface area contributed by atoms with Crippen LogP contribution in [-0.2, 0) is 19.1 Å². The minimum atomic E-state index is -0.446. The molecule has 0 aromatic carbocycles. The van der Waals surface area contributed by atoms with E-state index in [1.165, 1.54) is 0 Å². The van der Waals surface area contributed by atoms with Gasteiger partial charge in [0, 0.05) is 11.8 Å². The lowest BCUT2D eigenvalue weighted by atomic mass is 9.75. The Bertz CT molecular complexity index is 458. The number of ether oxygens (including phenoxy) is 2. The summed E-state index contributed by atoms with van der Waals surface area (Å²) in [5.74, 6) is 0.724. The SMILES string of the molecule is CC.CCCC(C)(C(=O)OC1C2CC3C(=O)OC1C3C2)C(C)C. The highest BCUT2D eigenvalue weighted by Gasteiger charge is 2.63. The molecule has 4 heteroatoms. The van der Waals surface area contributed by atoms with Crippen molar-refractivity contribution in [2.45, 2.75) is 79.4 Å². The van der Waals surface area contributed by atoms with Crippen LogP contribution >= 0.6 is 0 Å². The van der Waals surface area contributed by atoms with E-state index in [2.05, 4.69) is 20.8 Å². The molecule has 0 amide bonds. The highest BCUT2D eigenvalue weighted by atomic mass is 16.6. The maximum absolute atomic E-state index is 12.7. The molecule has 132 valence electrons. The van der Waals surface area contributed by atoms with Crippen LogP contribution in [0, 0.1) is 29.1 Å². The zero-order valence-corrected chi connectivity index (χ0v) is 15.4. The summed E-state index contributed by atoms with van der Waals surface area (Å²) in [4.78, 5) is 24.5. The fourth-order valence-corrected chi connectivity index (χ4v) is 4.47. The molecule has 2 saturated carbocycles. The van der Waals surface area contributed by atoms with Gasteiger partial charge in [-0.2, -0.15) is 0 Å². The minimum absolute atomic E-state index is 0.0714. The van der Waals surface area contributed by atoms with Gasteiger partial charge in [-0.1, -0.05) is 41.0 Å². The summed E-state index contributed by atoms with van der Waals surface area (Å²) >= 11 is 0. The van der Waals surface area contributed by atoms with Gasteiger partial charge in [0.2, 0.25) is 0 Å². The third-order valence-corrected chi connectivity index (χ3v) is 6.17. The van der Waals surface area contributed by atoms with Gasteiger partial charge in [-0.15, -0.1) is 0 Å². The van der Waals surface area contributed by atoms with Crippen LogP contribution < -0.4 is 0 Å². The van der Waals surface area contributed by atoms with Crippen molar-refractivity contribution in [2.75, 3.05) is 0 Å². The second-order valence-electron chi connectivity index (χ2n) is 7.60. The summed E-state index contributed by atoms with van der Waals surface area (Å²) in [5, 5.41) is 0. The molecule has 1 aliphatic heterocycles. The lowest BCUT2D eigenvalue weighted by Crippen LogP contribution is -2.42. The van der Waals surface area contributed by atoms with E-state index in [1.807, 2.05) is 20.8 Å². The zero-order valence-electron chi connectivity index (χ0n) is 15.4. The normalized spacial score (nSPS) is 36.3. The maximum Gasteiger partial charge on any atom is 0.312 e. The van der Waals surface area contributed by atoms with E-state index in [-0.39, 0.29) is 41.9 Å². The fourth-order valence-electron chi connectivity index (χ4n) is 4.47. The van der Waals surface area contributed by atoms with Crippen LogP contribution in [0.15, 0.2) is 0 Å². The number of fused-ring (bicyclic) bond motifs is 1. The Kier molecular flexibility index (Phi) is 5.42. The van der Waals surface area contributed by atoms with Crippen molar-refractivity contribution in [1.82, 2.24) is 0 Å². The molecule has 1 saturated heterocycles. The van der Waals surface area contributed by atoms with Gasteiger partial charge in [0.25, 0.3) is 0 Å². The van der Waals surface area contributed by atoms with Gasteiger partial charge in [0.1, 0.15) is 12.2 Å². The Morgan fingerprint density at radius 2 is 2.00 bits per heavy atom. The Hall–Kier alpha value is -1.06. The van der Waals surface area contributed by atoms with Gasteiger partial charge in [0.05, 0.1) is 11.3 Å². The van der Waals surface area contributed by atoms with Crippen LogP contribution in [0.4, 0.5) is 0 Å². The average Bonchev–Trinajstić information content (AvgIpc) is 3.14. The van der Waals surface area contributed by atoms with Crippen molar-refractivity contribution in [2.24, 2.45) is 29.1 Å². The molecule has 6 unspecified atom stereocenters. The number of carbonyl (C=O) groups excluding carboxylic acids is 2. The topological polar surface area (TPSA) is 52.6 Å². The molecular weight excluding hydrogens is 292 g/mol. The fraction of sp³-hybridized carbons (Fsp3) is 0.895. The van der Waals surface area contributed by atoms with Gasteiger partial charge in [-0.3, -0.25) is 9.59 Å². The molecule has 0 aromatic rings. The molecule has 0 spiro atoms. The van der Waals surface area contributed by atoms with Gasteiger partial charge < -0.3 is 9.47 Å². The third-order valence-electron chi connectivity index (χ3n) is 6.17. The summed E-state index contributed by atoms with van der Waals surface area (Å²) in [7, 11) is 0. The number of hydrogen-bond donors (Lipinski definition) is 0. The van der Waals surface area contributed by atoms with E-state index in [0.717, 1.165) is 25.7 Å². The van der Waals surface area contributed by atoms with Crippen molar-refractivity contribution in [3.8, 4) is 0 Å². The van der Waals surface area contributed by atoms with Crippen LogP contribution in [0.25, 0.3) is 0 Å². The first kappa shape index (κ1) is 18.3. The van der Waals surface area contributed by atoms with E-state index in [9.17, 15) is 9.59 Å². The van der Waals surface area contributed by atoms with Crippen molar-refractivity contribution < 1.29 is 19.1 Å². The van der Waals surface area contributed by atoms with E-state index in [4.69, 9.17) is 9.47 Å². The largest absolute Gasteiger partial charge is 0.458 e. The standard InChI is InChI=1S/C17H26O4.C2H6/c1-5-6-17(4,9(2)3)16(19)21-13-10-7-11-12(8-10)15(18)20-14(11)13;1-2/h9-14H,5-8H2,1-4H3;1-2H3. The number of rotatable bonds is 5. The van der Waals surface area contributed by atoms with E-state index in [0.29, 0.717) is 5.92 Å². The number of carbonyl (C=O) groups is 2. The molecule has 6 atom stereocenters.